The normalized spacial score (nSPS) is 33.2. The third kappa shape index (κ3) is 5.00. The third-order valence-corrected chi connectivity index (χ3v) is 9.11. The van der Waals surface area contributed by atoms with Crippen LogP contribution in [0.3, 0.4) is 0 Å². The molecule has 6 unspecified atom stereocenters. The van der Waals surface area contributed by atoms with Crippen LogP contribution in [0.2, 0.25) is 0 Å². The lowest BCUT2D eigenvalue weighted by Crippen LogP contribution is -2.28. The van der Waals surface area contributed by atoms with Gasteiger partial charge in [0.2, 0.25) is 0 Å². The van der Waals surface area contributed by atoms with E-state index in [2.05, 4.69) is 0 Å². The molecule has 3 fully saturated rings. The van der Waals surface area contributed by atoms with E-state index in [9.17, 15) is 28.8 Å². The van der Waals surface area contributed by atoms with Gasteiger partial charge in [0.15, 0.2) is 23.1 Å². The Morgan fingerprint density at radius 3 is 1.69 bits per heavy atom. The minimum atomic E-state index is -0.727. The maximum Gasteiger partial charge on any atom is 0.305 e. The van der Waals surface area contributed by atoms with Crippen LogP contribution in [0, 0.1) is 47.3 Å². The topological polar surface area (TPSA) is 121 Å². The molecule has 2 bridgehead atoms. The molecule has 0 saturated heterocycles. The van der Waals surface area contributed by atoms with Crippen LogP contribution in [0.4, 0.5) is 0 Å². The molecule has 5 aliphatic rings. The van der Waals surface area contributed by atoms with E-state index in [1.807, 2.05) is 0 Å². The fourth-order valence-electron chi connectivity index (χ4n) is 7.38. The van der Waals surface area contributed by atoms with Crippen molar-refractivity contribution in [3.8, 4) is 0 Å². The van der Waals surface area contributed by atoms with Gasteiger partial charge in [-0.25, -0.2) is 0 Å². The Hall–Kier alpha value is -2.90. The maximum atomic E-state index is 12.2. The van der Waals surface area contributed by atoms with E-state index in [1.54, 1.807) is 0 Å². The molecule has 0 radical (unpaired) electrons. The van der Waals surface area contributed by atoms with Crippen molar-refractivity contribution in [3.05, 3.63) is 24.3 Å². The number of rotatable bonds is 10. The molecule has 0 N–H and O–H groups in total. The number of carbonyl (C=O) groups is 6. The minimum Gasteiger partial charge on any atom is -0.465 e. The van der Waals surface area contributed by atoms with Gasteiger partial charge in [-0.1, -0.05) is 0 Å². The Bertz CT molecular complexity index is 1000. The number of esters is 2. The van der Waals surface area contributed by atoms with Crippen LogP contribution < -0.4 is 0 Å². The largest absolute Gasteiger partial charge is 0.465 e. The fourth-order valence-corrected chi connectivity index (χ4v) is 7.38. The third-order valence-electron chi connectivity index (χ3n) is 9.11. The molecule has 36 heavy (non-hydrogen) atoms. The molecule has 0 aromatic carbocycles. The summed E-state index contributed by atoms with van der Waals surface area (Å²) < 4.78 is 11.0. The number of hydrogen-bond acceptors (Lipinski definition) is 8. The Balaban J connectivity index is 1.01. The van der Waals surface area contributed by atoms with Gasteiger partial charge in [-0.05, 0) is 98.3 Å². The lowest BCUT2D eigenvalue weighted by molar-refractivity contribution is -0.147. The summed E-state index contributed by atoms with van der Waals surface area (Å²) in [7, 11) is 0. The van der Waals surface area contributed by atoms with Crippen LogP contribution >= 0.6 is 0 Å². The van der Waals surface area contributed by atoms with Crippen LogP contribution in [0.15, 0.2) is 24.3 Å². The SMILES string of the molecule is O=C(CCC1C(=O)C=CC1=O)OCC1CC2C3CC(COC(=O)CCC4C(=O)C=CC4=O)C(C3)C2C1. The van der Waals surface area contributed by atoms with E-state index in [1.165, 1.54) is 24.3 Å². The molecule has 0 heterocycles. The number of ketones is 4. The minimum absolute atomic E-state index is 0.0711. The van der Waals surface area contributed by atoms with Crippen LogP contribution in [-0.2, 0) is 38.2 Å². The van der Waals surface area contributed by atoms with Crippen LogP contribution in [-0.4, -0.2) is 48.3 Å². The lowest BCUT2D eigenvalue weighted by Gasteiger charge is -2.31. The standard InChI is InChI=1S/C28H32O8/c29-23-3-4-24(30)18(23)1-7-27(33)35-13-15-9-20-16-11-17(21(12-16)22(20)10-15)14-36-28(34)8-2-19-25(31)5-6-26(19)32/h3-6,15-22H,1-2,7-14H2. The summed E-state index contributed by atoms with van der Waals surface area (Å²) in [4.78, 5) is 71.0. The van der Waals surface area contributed by atoms with Crippen molar-refractivity contribution >= 4 is 35.1 Å². The second kappa shape index (κ2) is 10.2. The monoisotopic (exact) mass is 496 g/mol. The molecule has 5 rings (SSSR count). The van der Waals surface area contributed by atoms with E-state index in [0.717, 1.165) is 25.7 Å². The second-order valence-corrected chi connectivity index (χ2v) is 11.1. The van der Waals surface area contributed by atoms with E-state index in [-0.39, 0.29) is 60.8 Å². The van der Waals surface area contributed by atoms with Crippen molar-refractivity contribution in [1.29, 1.82) is 0 Å². The molecule has 3 saturated carbocycles. The molecule has 0 aromatic rings. The first-order valence-electron chi connectivity index (χ1n) is 13.1. The summed E-state index contributed by atoms with van der Waals surface area (Å²) in [6, 6.07) is 0. The maximum absolute atomic E-state index is 12.2. The highest BCUT2D eigenvalue weighted by molar-refractivity contribution is 6.19. The summed E-state index contributed by atoms with van der Waals surface area (Å²) in [6.07, 6.45) is 9.92. The zero-order valence-electron chi connectivity index (χ0n) is 20.3. The fraction of sp³-hybridized carbons (Fsp3) is 0.643. The first kappa shape index (κ1) is 24.8. The van der Waals surface area contributed by atoms with Crippen molar-refractivity contribution in [1.82, 2.24) is 0 Å². The highest BCUT2D eigenvalue weighted by atomic mass is 16.5. The zero-order chi connectivity index (χ0) is 25.4. The van der Waals surface area contributed by atoms with Crippen LogP contribution in [0.25, 0.3) is 0 Å². The first-order valence-corrected chi connectivity index (χ1v) is 13.1. The molecule has 0 amide bonds. The van der Waals surface area contributed by atoms with Crippen molar-refractivity contribution in [2.45, 2.75) is 51.4 Å². The van der Waals surface area contributed by atoms with E-state index in [0.29, 0.717) is 48.7 Å². The van der Waals surface area contributed by atoms with E-state index >= 15 is 0 Å². The van der Waals surface area contributed by atoms with Gasteiger partial charge in [0.1, 0.15) is 0 Å². The quantitative estimate of drug-likeness (QED) is 0.334. The Labute approximate surface area is 209 Å². The van der Waals surface area contributed by atoms with E-state index < -0.39 is 11.8 Å². The Morgan fingerprint density at radius 2 is 1.14 bits per heavy atom. The number of allylic oxidation sites excluding steroid dienone is 4. The number of carbonyl (C=O) groups excluding carboxylic acids is 6. The molecular formula is C28H32O8. The average molecular weight is 497 g/mol. The van der Waals surface area contributed by atoms with Gasteiger partial charge in [-0.2, -0.15) is 0 Å². The molecule has 6 atom stereocenters. The molecular weight excluding hydrogens is 464 g/mol. The summed E-state index contributed by atoms with van der Waals surface area (Å²) >= 11 is 0. The molecule has 5 aliphatic carbocycles. The smallest absolute Gasteiger partial charge is 0.305 e. The van der Waals surface area contributed by atoms with Crippen molar-refractivity contribution in [3.63, 3.8) is 0 Å². The number of ether oxygens (including phenoxy) is 2. The van der Waals surface area contributed by atoms with Gasteiger partial charge in [0.25, 0.3) is 0 Å². The molecule has 0 aliphatic heterocycles. The van der Waals surface area contributed by atoms with Crippen molar-refractivity contribution in [2.24, 2.45) is 47.3 Å². The molecule has 0 spiro atoms. The highest BCUT2D eigenvalue weighted by Crippen LogP contribution is 2.62. The lowest BCUT2D eigenvalue weighted by atomic mass is 9.76. The predicted molar refractivity (Wildman–Crippen MR) is 125 cm³/mol. The Morgan fingerprint density at radius 1 is 0.639 bits per heavy atom. The van der Waals surface area contributed by atoms with Gasteiger partial charge < -0.3 is 9.47 Å². The summed E-state index contributed by atoms with van der Waals surface area (Å²) in [6.45, 7) is 0.768. The molecule has 192 valence electrons. The number of fused-ring (bicyclic) bond motifs is 5. The van der Waals surface area contributed by atoms with Gasteiger partial charge in [-0.15, -0.1) is 0 Å². The zero-order valence-corrected chi connectivity index (χ0v) is 20.3. The van der Waals surface area contributed by atoms with Gasteiger partial charge in [0, 0.05) is 12.8 Å². The summed E-state index contributed by atoms with van der Waals surface area (Å²) in [5.74, 6) is -0.0908. The van der Waals surface area contributed by atoms with Gasteiger partial charge in [0.05, 0.1) is 25.0 Å². The molecule has 0 aromatic heterocycles. The first-order chi connectivity index (χ1) is 17.3. The van der Waals surface area contributed by atoms with Crippen molar-refractivity contribution in [2.75, 3.05) is 13.2 Å². The van der Waals surface area contributed by atoms with E-state index in [4.69, 9.17) is 9.47 Å². The van der Waals surface area contributed by atoms with Crippen molar-refractivity contribution < 1.29 is 38.2 Å². The van der Waals surface area contributed by atoms with Crippen LogP contribution in [0.5, 0.6) is 0 Å². The summed E-state index contributed by atoms with van der Waals surface area (Å²) in [5.41, 5.74) is 0. The van der Waals surface area contributed by atoms with Gasteiger partial charge in [-0.3, -0.25) is 28.8 Å². The predicted octanol–water partition coefficient (Wildman–Crippen LogP) is 2.58. The molecule has 8 nitrogen and oxygen atoms in total. The Kier molecular flexibility index (Phi) is 7.04. The van der Waals surface area contributed by atoms with Gasteiger partial charge >= 0.3 is 11.9 Å². The molecule has 8 heteroatoms. The number of hydrogen-bond donors (Lipinski definition) is 0. The highest BCUT2D eigenvalue weighted by Gasteiger charge is 2.56. The van der Waals surface area contributed by atoms with Crippen LogP contribution in [0.1, 0.15) is 51.4 Å². The second-order valence-electron chi connectivity index (χ2n) is 11.1. The summed E-state index contributed by atoms with van der Waals surface area (Å²) in [5, 5.41) is 0. The average Bonchev–Trinajstić information content (AvgIpc) is 3.64.